The minimum absolute atomic E-state index is 0.0856. The Morgan fingerprint density at radius 2 is 1.88 bits per heavy atom. The van der Waals surface area contributed by atoms with E-state index in [0.717, 1.165) is 18.8 Å². The molecule has 1 saturated carbocycles. The topological polar surface area (TPSA) is 95.2 Å². The first-order chi connectivity index (χ1) is 11.5. The van der Waals surface area contributed by atoms with E-state index in [4.69, 9.17) is 0 Å². The fraction of sp³-hybridized carbons (Fsp3) is 0.750. The number of hydrogen-bond acceptors (Lipinski definition) is 4. The summed E-state index contributed by atoms with van der Waals surface area (Å²) in [5.74, 6) is 0.764. The normalized spacial score (nSPS) is 27.0. The van der Waals surface area contributed by atoms with Gasteiger partial charge in [-0.3, -0.25) is 4.79 Å². The van der Waals surface area contributed by atoms with Crippen LogP contribution in [0.25, 0.3) is 0 Å². The number of sulfonamides is 1. The van der Waals surface area contributed by atoms with Crippen molar-refractivity contribution >= 4 is 15.9 Å². The molecule has 1 aliphatic carbocycles. The highest BCUT2D eigenvalue weighted by atomic mass is 32.2. The van der Waals surface area contributed by atoms with Gasteiger partial charge in [-0.1, -0.05) is 6.92 Å². The van der Waals surface area contributed by atoms with Gasteiger partial charge in [0, 0.05) is 25.0 Å². The summed E-state index contributed by atoms with van der Waals surface area (Å²) in [7, 11) is -3.52. The molecule has 134 valence electrons. The smallest absolute Gasteiger partial charge is 0.260 e. The molecule has 2 aliphatic rings. The molecule has 1 aliphatic heterocycles. The Balaban J connectivity index is 1.51. The first-order valence-electron chi connectivity index (χ1n) is 8.75. The van der Waals surface area contributed by atoms with Crippen molar-refractivity contribution in [2.45, 2.75) is 56.5 Å². The maximum atomic E-state index is 12.4. The summed E-state index contributed by atoms with van der Waals surface area (Å²) < 4.78 is 26.3. The summed E-state index contributed by atoms with van der Waals surface area (Å²) in [4.78, 5) is 18.9. The molecule has 1 aromatic heterocycles. The van der Waals surface area contributed by atoms with Crippen molar-refractivity contribution < 1.29 is 13.2 Å². The molecule has 1 amide bonds. The molecule has 2 N–H and O–H groups in total. The molecule has 1 aromatic rings. The highest BCUT2D eigenvalue weighted by molar-refractivity contribution is 7.89. The van der Waals surface area contributed by atoms with E-state index in [-0.39, 0.29) is 16.9 Å². The number of nitrogens with zero attached hydrogens (tertiary/aromatic N) is 2. The van der Waals surface area contributed by atoms with Gasteiger partial charge in [-0.05, 0) is 44.4 Å². The van der Waals surface area contributed by atoms with E-state index in [9.17, 15) is 13.2 Å². The van der Waals surface area contributed by atoms with Gasteiger partial charge in [-0.2, -0.15) is 4.31 Å². The van der Waals surface area contributed by atoms with Gasteiger partial charge in [0.2, 0.25) is 5.91 Å². The van der Waals surface area contributed by atoms with Crippen LogP contribution in [0, 0.1) is 11.8 Å². The second-order valence-corrected chi connectivity index (χ2v) is 8.97. The van der Waals surface area contributed by atoms with E-state index in [2.05, 4.69) is 22.2 Å². The highest BCUT2D eigenvalue weighted by Gasteiger charge is 2.33. The van der Waals surface area contributed by atoms with E-state index >= 15 is 0 Å². The quantitative estimate of drug-likeness (QED) is 0.857. The van der Waals surface area contributed by atoms with Crippen molar-refractivity contribution in [2.24, 2.45) is 11.8 Å². The first-order valence-corrected chi connectivity index (χ1v) is 10.2. The van der Waals surface area contributed by atoms with Crippen molar-refractivity contribution in [1.82, 2.24) is 19.6 Å². The van der Waals surface area contributed by atoms with Crippen LogP contribution in [-0.2, 0) is 14.8 Å². The van der Waals surface area contributed by atoms with Gasteiger partial charge in [-0.25, -0.2) is 13.4 Å². The zero-order valence-electron chi connectivity index (χ0n) is 14.1. The Morgan fingerprint density at radius 3 is 2.46 bits per heavy atom. The molecular formula is C16H26N4O3S. The number of carbonyl (C=O) groups excluding carboxylic acids is 1. The van der Waals surface area contributed by atoms with Gasteiger partial charge >= 0.3 is 0 Å². The molecule has 8 heteroatoms. The summed E-state index contributed by atoms with van der Waals surface area (Å²) in [6.45, 7) is 3.01. The van der Waals surface area contributed by atoms with Crippen LogP contribution in [0.3, 0.4) is 0 Å². The predicted molar refractivity (Wildman–Crippen MR) is 89.6 cm³/mol. The molecule has 1 saturated heterocycles. The van der Waals surface area contributed by atoms with Gasteiger partial charge < -0.3 is 10.3 Å². The summed E-state index contributed by atoms with van der Waals surface area (Å²) in [5, 5.41) is 3.28. The standard InChI is InChI=1S/C16H26N4O3S/c1-12-2-4-14(5-3-12)19-16(21)13-6-8-20(9-7-13)24(22,23)15-10-17-11-18-15/h10-14H,2-9H2,1H3,(H,17,18)(H,19,21). The van der Waals surface area contributed by atoms with E-state index in [1.807, 2.05) is 0 Å². The van der Waals surface area contributed by atoms with Crippen LogP contribution in [0.2, 0.25) is 0 Å². The van der Waals surface area contributed by atoms with Gasteiger partial charge in [-0.15, -0.1) is 0 Å². The zero-order chi connectivity index (χ0) is 17.2. The van der Waals surface area contributed by atoms with Crippen molar-refractivity contribution in [2.75, 3.05) is 13.1 Å². The second-order valence-electron chi connectivity index (χ2n) is 7.06. The second kappa shape index (κ2) is 7.23. The van der Waals surface area contributed by atoms with Crippen LogP contribution in [0.15, 0.2) is 17.6 Å². The van der Waals surface area contributed by atoms with Gasteiger partial charge in [0.15, 0.2) is 5.03 Å². The number of hydrogen-bond donors (Lipinski definition) is 2. The molecule has 0 unspecified atom stereocenters. The van der Waals surface area contributed by atoms with Crippen LogP contribution in [0.5, 0.6) is 0 Å². The predicted octanol–water partition coefficient (Wildman–Crippen LogP) is 1.51. The average Bonchev–Trinajstić information content (AvgIpc) is 3.12. The van der Waals surface area contributed by atoms with E-state index in [1.54, 1.807) is 0 Å². The Morgan fingerprint density at radius 1 is 1.21 bits per heavy atom. The fourth-order valence-corrected chi connectivity index (χ4v) is 4.97. The third-order valence-corrected chi connectivity index (χ3v) is 7.10. The fourth-order valence-electron chi connectivity index (χ4n) is 3.61. The lowest BCUT2D eigenvalue weighted by molar-refractivity contribution is -0.127. The van der Waals surface area contributed by atoms with Gasteiger partial charge in [0.05, 0.1) is 12.5 Å². The number of aromatic nitrogens is 2. The van der Waals surface area contributed by atoms with Crippen LogP contribution >= 0.6 is 0 Å². The van der Waals surface area contributed by atoms with Crippen molar-refractivity contribution in [3.05, 3.63) is 12.5 Å². The van der Waals surface area contributed by atoms with E-state index in [0.29, 0.717) is 32.0 Å². The maximum Gasteiger partial charge on any atom is 0.260 e. The van der Waals surface area contributed by atoms with E-state index in [1.165, 1.54) is 29.7 Å². The Kier molecular flexibility index (Phi) is 5.24. The summed E-state index contributed by atoms with van der Waals surface area (Å²) in [5.41, 5.74) is 0. The number of piperidine rings is 1. The number of carbonyl (C=O) groups is 1. The molecule has 0 atom stereocenters. The minimum atomic E-state index is -3.52. The number of rotatable bonds is 4. The summed E-state index contributed by atoms with van der Waals surface area (Å²) in [6, 6.07) is 0.292. The third kappa shape index (κ3) is 3.80. The molecule has 3 rings (SSSR count). The lowest BCUT2D eigenvalue weighted by Crippen LogP contribution is -2.46. The van der Waals surface area contributed by atoms with Crippen molar-refractivity contribution in [3.63, 3.8) is 0 Å². The molecule has 24 heavy (non-hydrogen) atoms. The number of imidazole rings is 1. The SMILES string of the molecule is CC1CCC(NC(=O)C2CCN(S(=O)(=O)c3cnc[nH]3)CC2)CC1. The Labute approximate surface area is 143 Å². The molecule has 0 aromatic carbocycles. The molecular weight excluding hydrogens is 328 g/mol. The van der Waals surface area contributed by atoms with Crippen molar-refractivity contribution in [3.8, 4) is 0 Å². The largest absolute Gasteiger partial charge is 0.353 e. The van der Waals surface area contributed by atoms with Crippen LogP contribution in [0.4, 0.5) is 0 Å². The zero-order valence-corrected chi connectivity index (χ0v) is 14.9. The first kappa shape index (κ1) is 17.4. The van der Waals surface area contributed by atoms with Crippen molar-refractivity contribution in [1.29, 1.82) is 0 Å². The minimum Gasteiger partial charge on any atom is -0.353 e. The van der Waals surface area contributed by atoms with Crippen LogP contribution in [0.1, 0.15) is 45.4 Å². The Hall–Kier alpha value is -1.41. The number of amides is 1. The lowest BCUT2D eigenvalue weighted by atomic mass is 9.87. The van der Waals surface area contributed by atoms with E-state index < -0.39 is 10.0 Å². The summed E-state index contributed by atoms with van der Waals surface area (Å²) in [6.07, 6.45) is 8.28. The third-order valence-electron chi connectivity index (χ3n) is 5.28. The molecule has 0 bridgehead atoms. The number of aromatic amines is 1. The molecule has 7 nitrogen and oxygen atoms in total. The number of nitrogens with one attached hydrogen (secondary N) is 2. The summed E-state index contributed by atoms with van der Waals surface area (Å²) >= 11 is 0. The molecule has 0 radical (unpaired) electrons. The molecule has 0 spiro atoms. The molecule has 2 heterocycles. The van der Waals surface area contributed by atoms with Crippen LogP contribution in [-0.4, -0.2) is 47.7 Å². The average molecular weight is 354 g/mol. The van der Waals surface area contributed by atoms with Crippen LogP contribution < -0.4 is 5.32 Å². The number of H-pyrrole nitrogens is 1. The molecule has 2 fully saturated rings. The maximum absolute atomic E-state index is 12.4. The Bertz CT molecular complexity index is 643. The van der Waals surface area contributed by atoms with Gasteiger partial charge in [0.25, 0.3) is 10.0 Å². The monoisotopic (exact) mass is 354 g/mol. The lowest BCUT2D eigenvalue weighted by Gasteiger charge is -2.32. The highest BCUT2D eigenvalue weighted by Crippen LogP contribution is 2.26. The van der Waals surface area contributed by atoms with Gasteiger partial charge in [0.1, 0.15) is 0 Å².